The third-order valence-electron chi connectivity index (χ3n) is 5.59. The number of aryl methyl sites for hydroxylation is 1. The van der Waals surface area contributed by atoms with Crippen LogP contribution in [0.5, 0.6) is 0 Å². The van der Waals surface area contributed by atoms with E-state index < -0.39 is 0 Å². The van der Waals surface area contributed by atoms with Gasteiger partial charge < -0.3 is 0 Å². The molecule has 2 unspecified atom stereocenters. The Bertz CT molecular complexity index is 885. The molecule has 0 bridgehead atoms. The van der Waals surface area contributed by atoms with Crippen molar-refractivity contribution in [3.05, 3.63) is 47.2 Å². The third-order valence-corrected chi connectivity index (χ3v) is 5.59. The van der Waals surface area contributed by atoms with Gasteiger partial charge in [0.2, 0.25) is 5.96 Å². The van der Waals surface area contributed by atoms with Crippen LogP contribution in [0.1, 0.15) is 40.9 Å². The Morgan fingerprint density at radius 3 is 2.80 bits per heavy atom. The SMILES string of the molecule is Cc1nn(Cc2ccccc2)c2c1C(=O)N(C)C1=NC3CCCC3N12. The highest BCUT2D eigenvalue weighted by atomic mass is 16.2. The second kappa shape index (κ2) is 5.18. The first-order valence-electron chi connectivity index (χ1n) is 8.91. The summed E-state index contributed by atoms with van der Waals surface area (Å²) in [7, 11) is 1.83. The zero-order valence-corrected chi connectivity index (χ0v) is 14.5. The topological polar surface area (TPSA) is 53.7 Å². The standard InChI is InChI=1S/C19H21N5O/c1-12-16-17(23(21-12)11-13-7-4-3-5-8-13)24-15-10-6-9-14(15)20-19(24)22(2)18(16)25/h3-5,7-8,14-15H,6,9-11H2,1-2H3. The second-order valence-electron chi connectivity index (χ2n) is 7.16. The average Bonchev–Trinajstić information content (AvgIpc) is 3.27. The third kappa shape index (κ3) is 2.00. The lowest BCUT2D eigenvalue weighted by molar-refractivity contribution is 0.0864. The minimum Gasteiger partial charge on any atom is -0.291 e. The molecule has 1 aliphatic carbocycles. The molecule has 2 aliphatic heterocycles. The number of carbonyl (C=O) groups is 1. The van der Waals surface area contributed by atoms with E-state index in [1.54, 1.807) is 4.90 Å². The number of hydrogen-bond donors (Lipinski definition) is 0. The van der Waals surface area contributed by atoms with E-state index >= 15 is 0 Å². The van der Waals surface area contributed by atoms with Gasteiger partial charge in [-0.25, -0.2) is 9.67 Å². The van der Waals surface area contributed by atoms with Crippen molar-refractivity contribution in [3.63, 3.8) is 0 Å². The quantitative estimate of drug-likeness (QED) is 0.847. The summed E-state index contributed by atoms with van der Waals surface area (Å²) in [4.78, 5) is 21.8. The summed E-state index contributed by atoms with van der Waals surface area (Å²) in [5.41, 5.74) is 2.70. The first-order valence-corrected chi connectivity index (χ1v) is 8.91. The van der Waals surface area contributed by atoms with Gasteiger partial charge in [-0.15, -0.1) is 0 Å². The number of aliphatic imine (C=N–C) groups is 1. The highest BCUT2D eigenvalue weighted by Crippen LogP contribution is 2.41. The van der Waals surface area contributed by atoms with Crippen molar-refractivity contribution in [2.45, 2.75) is 44.8 Å². The molecule has 1 fully saturated rings. The van der Waals surface area contributed by atoms with E-state index in [9.17, 15) is 4.79 Å². The lowest BCUT2D eigenvalue weighted by Crippen LogP contribution is -2.52. The predicted octanol–water partition coefficient (Wildman–Crippen LogP) is 2.42. The van der Waals surface area contributed by atoms with Crippen molar-refractivity contribution in [2.75, 3.05) is 11.9 Å². The molecule has 0 saturated heterocycles. The zero-order valence-electron chi connectivity index (χ0n) is 14.5. The van der Waals surface area contributed by atoms with Crippen LogP contribution in [0, 0.1) is 6.92 Å². The van der Waals surface area contributed by atoms with Crippen LogP contribution in [-0.2, 0) is 6.54 Å². The zero-order chi connectivity index (χ0) is 17.1. The maximum Gasteiger partial charge on any atom is 0.266 e. The van der Waals surface area contributed by atoms with Gasteiger partial charge in [-0.05, 0) is 31.7 Å². The monoisotopic (exact) mass is 335 g/mol. The van der Waals surface area contributed by atoms with Crippen LogP contribution in [0.25, 0.3) is 0 Å². The summed E-state index contributed by atoms with van der Waals surface area (Å²) in [6.45, 7) is 2.59. The molecule has 0 spiro atoms. The van der Waals surface area contributed by atoms with E-state index in [0.29, 0.717) is 18.6 Å². The van der Waals surface area contributed by atoms with E-state index in [0.717, 1.165) is 35.9 Å². The van der Waals surface area contributed by atoms with Crippen LogP contribution < -0.4 is 4.90 Å². The van der Waals surface area contributed by atoms with Gasteiger partial charge in [0.05, 0.1) is 24.3 Å². The summed E-state index contributed by atoms with van der Waals surface area (Å²) in [5.74, 6) is 1.72. The lowest BCUT2D eigenvalue weighted by Gasteiger charge is -2.35. The molecule has 6 heteroatoms. The molecule has 25 heavy (non-hydrogen) atoms. The van der Waals surface area contributed by atoms with Gasteiger partial charge in [0.25, 0.3) is 5.91 Å². The Labute approximate surface area is 146 Å². The minimum absolute atomic E-state index is 0.00165. The van der Waals surface area contributed by atoms with E-state index in [1.807, 2.05) is 36.9 Å². The number of amides is 1. The molecule has 3 heterocycles. The summed E-state index contributed by atoms with van der Waals surface area (Å²) in [6, 6.07) is 10.9. The fourth-order valence-corrected chi connectivity index (χ4v) is 4.42. The molecule has 0 radical (unpaired) electrons. The van der Waals surface area contributed by atoms with E-state index in [4.69, 9.17) is 10.1 Å². The second-order valence-corrected chi connectivity index (χ2v) is 7.16. The van der Waals surface area contributed by atoms with E-state index in [-0.39, 0.29) is 5.91 Å². The molecule has 1 aromatic carbocycles. The molecule has 6 nitrogen and oxygen atoms in total. The molecule has 2 atom stereocenters. The number of nitrogens with zero attached hydrogens (tertiary/aromatic N) is 5. The average molecular weight is 335 g/mol. The molecule has 0 N–H and O–H groups in total. The minimum atomic E-state index is 0.00165. The Kier molecular flexibility index (Phi) is 3.04. The molecular weight excluding hydrogens is 314 g/mol. The molecule has 5 rings (SSSR count). The van der Waals surface area contributed by atoms with Crippen molar-refractivity contribution in [2.24, 2.45) is 4.99 Å². The van der Waals surface area contributed by atoms with Gasteiger partial charge in [-0.2, -0.15) is 5.10 Å². The summed E-state index contributed by atoms with van der Waals surface area (Å²) in [5, 5.41) is 4.72. The number of fused-ring (bicyclic) bond motifs is 5. The van der Waals surface area contributed by atoms with Crippen LogP contribution >= 0.6 is 0 Å². The van der Waals surface area contributed by atoms with Crippen molar-refractivity contribution < 1.29 is 4.79 Å². The largest absolute Gasteiger partial charge is 0.291 e. The van der Waals surface area contributed by atoms with Crippen LogP contribution in [0.2, 0.25) is 0 Å². The fraction of sp³-hybridized carbons (Fsp3) is 0.421. The van der Waals surface area contributed by atoms with Crippen molar-refractivity contribution in [1.82, 2.24) is 14.7 Å². The van der Waals surface area contributed by atoms with Crippen LogP contribution in [0.15, 0.2) is 35.3 Å². The first-order chi connectivity index (χ1) is 12.1. The number of rotatable bonds is 2. The number of hydrogen-bond acceptors (Lipinski definition) is 4. The highest BCUT2D eigenvalue weighted by Gasteiger charge is 2.48. The van der Waals surface area contributed by atoms with Crippen LogP contribution in [0.4, 0.5) is 5.82 Å². The maximum absolute atomic E-state index is 12.9. The van der Waals surface area contributed by atoms with E-state index in [2.05, 4.69) is 17.0 Å². The van der Waals surface area contributed by atoms with Gasteiger partial charge in [0.1, 0.15) is 11.4 Å². The van der Waals surface area contributed by atoms with Gasteiger partial charge in [-0.1, -0.05) is 30.3 Å². The summed E-state index contributed by atoms with van der Waals surface area (Å²) < 4.78 is 1.99. The number of carbonyl (C=O) groups excluding carboxylic acids is 1. The summed E-state index contributed by atoms with van der Waals surface area (Å²) >= 11 is 0. The van der Waals surface area contributed by atoms with Crippen molar-refractivity contribution >= 4 is 17.7 Å². The number of anilines is 1. The Morgan fingerprint density at radius 2 is 2.00 bits per heavy atom. The van der Waals surface area contributed by atoms with Crippen LogP contribution in [-0.4, -0.2) is 45.7 Å². The first kappa shape index (κ1) is 14.7. The number of guanidine groups is 1. The Hall–Kier alpha value is -2.63. The molecule has 2 aromatic rings. The number of aromatic nitrogens is 2. The van der Waals surface area contributed by atoms with Crippen LogP contribution in [0.3, 0.4) is 0 Å². The molecule has 3 aliphatic rings. The summed E-state index contributed by atoms with van der Waals surface area (Å²) in [6.07, 6.45) is 3.42. The van der Waals surface area contributed by atoms with Gasteiger partial charge in [0, 0.05) is 7.05 Å². The molecule has 1 saturated carbocycles. The number of benzene rings is 1. The highest BCUT2D eigenvalue weighted by molar-refractivity contribution is 6.19. The molecular formula is C19H21N5O. The molecule has 1 aromatic heterocycles. The Balaban J connectivity index is 1.66. The molecule has 128 valence electrons. The van der Waals surface area contributed by atoms with E-state index in [1.165, 1.54) is 12.0 Å². The van der Waals surface area contributed by atoms with Gasteiger partial charge >= 0.3 is 0 Å². The van der Waals surface area contributed by atoms with Gasteiger partial charge in [0.15, 0.2) is 0 Å². The maximum atomic E-state index is 12.9. The Morgan fingerprint density at radius 1 is 1.20 bits per heavy atom. The molecule has 1 amide bonds. The van der Waals surface area contributed by atoms with Crippen molar-refractivity contribution in [1.29, 1.82) is 0 Å². The smallest absolute Gasteiger partial charge is 0.266 e. The van der Waals surface area contributed by atoms with Gasteiger partial charge in [-0.3, -0.25) is 14.6 Å². The predicted molar refractivity (Wildman–Crippen MR) is 95.9 cm³/mol. The van der Waals surface area contributed by atoms with Crippen molar-refractivity contribution in [3.8, 4) is 0 Å². The fourth-order valence-electron chi connectivity index (χ4n) is 4.42. The lowest BCUT2D eigenvalue weighted by atomic mass is 10.1. The normalized spacial score (nSPS) is 24.2.